The lowest BCUT2D eigenvalue weighted by atomic mass is 10.2. The van der Waals surface area contributed by atoms with Crippen molar-refractivity contribution in [3.8, 4) is 6.07 Å². The van der Waals surface area contributed by atoms with Gasteiger partial charge in [-0.2, -0.15) is 5.26 Å². The third-order valence-electron chi connectivity index (χ3n) is 2.21. The van der Waals surface area contributed by atoms with Gasteiger partial charge in [0.1, 0.15) is 11.6 Å². The van der Waals surface area contributed by atoms with Crippen molar-refractivity contribution < 1.29 is 14.8 Å². The number of rotatable bonds is 5. The number of carbonyl (C=O) groups is 1. The van der Waals surface area contributed by atoms with Crippen LogP contribution in [0.1, 0.15) is 12.5 Å². The highest BCUT2D eigenvalue weighted by atomic mass is 32.2. The molecule has 1 aromatic carbocycles. The maximum atomic E-state index is 10.9. The SMILES string of the molecule is CC(CSc1cccc(C#N)c1[N+](=O)[O-])C(=O)O. The lowest BCUT2D eigenvalue weighted by Gasteiger charge is -2.06. The van der Waals surface area contributed by atoms with E-state index in [4.69, 9.17) is 10.4 Å². The maximum Gasteiger partial charge on any atom is 0.307 e. The molecule has 1 unspecified atom stereocenters. The summed E-state index contributed by atoms with van der Waals surface area (Å²) in [5.74, 6) is -1.35. The molecule has 1 rings (SSSR count). The fourth-order valence-corrected chi connectivity index (χ4v) is 2.27. The summed E-state index contributed by atoms with van der Waals surface area (Å²) >= 11 is 1.07. The van der Waals surface area contributed by atoms with Gasteiger partial charge in [0, 0.05) is 5.75 Å². The summed E-state index contributed by atoms with van der Waals surface area (Å²) in [4.78, 5) is 21.3. The Balaban J connectivity index is 2.99. The van der Waals surface area contributed by atoms with Crippen LogP contribution in [-0.2, 0) is 4.79 Å². The smallest absolute Gasteiger partial charge is 0.307 e. The summed E-state index contributed by atoms with van der Waals surface area (Å²) in [6.07, 6.45) is 0. The average molecular weight is 266 g/mol. The minimum Gasteiger partial charge on any atom is -0.481 e. The zero-order chi connectivity index (χ0) is 13.7. The van der Waals surface area contributed by atoms with Crippen LogP contribution in [0.2, 0.25) is 0 Å². The van der Waals surface area contributed by atoms with Gasteiger partial charge in [-0.05, 0) is 12.1 Å². The normalized spacial score (nSPS) is 11.6. The van der Waals surface area contributed by atoms with Crippen molar-refractivity contribution in [3.63, 3.8) is 0 Å². The first-order valence-electron chi connectivity index (χ1n) is 5.00. The van der Waals surface area contributed by atoms with Crippen LogP contribution in [0.3, 0.4) is 0 Å². The lowest BCUT2D eigenvalue weighted by Crippen LogP contribution is -2.11. The van der Waals surface area contributed by atoms with Crippen molar-refractivity contribution in [1.82, 2.24) is 0 Å². The van der Waals surface area contributed by atoms with Gasteiger partial charge in [-0.3, -0.25) is 14.9 Å². The molecule has 0 fully saturated rings. The summed E-state index contributed by atoms with van der Waals surface area (Å²) in [6.45, 7) is 1.52. The second-order valence-corrected chi connectivity index (χ2v) is 4.63. The monoisotopic (exact) mass is 266 g/mol. The topological polar surface area (TPSA) is 104 Å². The second kappa shape index (κ2) is 6.02. The quantitative estimate of drug-likeness (QED) is 0.498. The van der Waals surface area contributed by atoms with Gasteiger partial charge in [0.05, 0.1) is 15.7 Å². The van der Waals surface area contributed by atoms with Crippen LogP contribution in [0.5, 0.6) is 0 Å². The molecular formula is C11H10N2O4S. The summed E-state index contributed by atoms with van der Waals surface area (Å²) in [5.41, 5.74) is -0.282. The van der Waals surface area contributed by atoms with Gasteiger partial charge < -0.3 is 5.11 Å². The van der Waals surface area contributed by atoms with E-state index in [1.807, 2.05) is 0 Å². The molecule has 18 heavy (non-hydrogen) atoms. The summed E-state index contributed by atoms with van der Waals surface area (Å²) in [7, 11) is 0. The number of hydrogen-bond acceptors (Lipinski definition) is 5. The number of nitro groups is 1. The molecule has 6 nitrogen and oxygen atoms in total. The number of nitro benzene ring substituents is 1. The molecule has 0 spiro atoms. The first kappa shape index (κ1) is 14.0. The van der Waals surface area contributed by atoms with Crippen molar-refractivity contribution in [2.24, 2.45) is 5.92 Å². The van der Waals surface area contributed by atoms with Crippen LogP contribution < -0.4 is 0 Å². The first-order chi connectivity index (χ1) is 8.47. The van der Waals surface area contributed by atoms with Gasteiger partial charge in [0.15, 0.2) is 0 Å². The number of benzene rings is 1. The summed E-state index contributed by atoms with van der Waals surface area (Å²) in [6, 6.07) is 6.17. The average Bonchev–Trinajstić information content (AvgIpc) is 2.34. The fourth-order valence-electron chi connectivity index (χ4n) is 1.20. The van der Waals surface area contributed by atoms with E-state index in [1.54, 1.807) is 12.1 Å². The summed E-state index contributed by atoms with van der Waals surface area (Å²) in [5, 5.41) is 28.4. The van der Waals surface area contributed by atoms with Crippen LogP contribution in [0.25, 0.3) is 0 Å². The van der Waals surface area contributed by atoms with Crippen LogP contribution >= 0.6 is 11.8 Å². The van der Waals surface area contributed by atoms with Gasteiger partial charge in [-0.15, -0.1) is 11.8 Å². The molecule has 0 aliphatic carbocycles. The second-order valence-electron chi connectivity index (χ2n) is 3.57. The van der Waals surface area contributed by atoms with Gasteiger partial charge in [0.2, 0.25) is 0 Å². The highest BCUT2D eigenvalue weighted by molar-refractivity contribution is 7.99. The zero-order valence-electron chi connectivity index (χ0n) is 9.49. The Hall–Kier alpha value is -2.07. The van der Waals surface area contributed by atoms with Gasteiger partial charge >= 0.3 is 11.7 Å². The standard InChI is InChI=1S/C11H10N2O4S/c1-7(11(14)15)6-18-9-4-2-3-8(5-12)10(9)13(16)17/h2-4,7H,6H2,1H3,(H,14,15). The van der Waals surface area contributed by atoms with Crippen LogP contribution in [0.15, 0.2) is 23.1 Å². The van der Waals surface area contributed by atoms with E-state index in [0.717, 1.165) is 11.8 Å². The number of hydrogen-bond donors (Lipinski definition) is 1. The number of nitrogens with zero attached hydrogens (tertiary/aromatic N) is 2. The lowest BCUT2D eigenvalue weighted by molar-refractivity contribution is -0.388. The van der Waals surface area contributed by atoms with Gasteiger partial charge in [0.25, 0.3) is 0 Å². The van der Waals surface area contributed by atoms with E-state index in [2.05, 4.69) is 0 Å². The molecule has 1 aromatic rings. The Morgan fingerprint density at radius 3 is 2.83 bits per heavy atom. The van der Waals surface area contributed by atoms with E-state index in [-0.39, 0.29) is 17.0 Å². The number of carboxylic acid groups (broad SMARTS) is 1. The molecule has 94 valence electrons. The molecule has 0 aromatic heterocycles. The predicted molar refractivity (Wildman–Crippen MR) is 65.3 cm³/mol. The molecule has 7 heteroatoms. The Bertz CT molecular complexity index is 524. The third kappa shape index (κ3) is 3.21. The van der Waals surface area contributed by atoms with E-state index >= 15 is 0 Å². The molecule has 0 bridgehead atoms. The number of carboxylic acids is 1. The molecule has 0 radical (unpaired) electrons. The van der Waals surface area contributed by atoms with Crippen molar-refractivity contribution in [3.05, 3.63) is 33.9 Å². The van der Waals surface area contributed by atoms with E-state index in [9.17, 15) is 14.9 Å². The summed E-state index contributed by atoms with van der Waals surface area (Å²) < 4.78 is 0. The van der Waals surface area contributed by atoms with Crippen molar-refractivity contribution in [1.29, 1.82) is 5.26 Å². The van der Waals surface area contributed by atoms with Crippen LogP contribution in [0.4, 0.5) is 5.69 Å². The number of para-hydroxylation sites is 1. The Morgan fingerprint density at radius 2 is 2.33 bits per heavy atom. The molecule has 0 saturated heterocycles. The number of nitriles is 1. The molecule has 0 aliphatic rings. The van der Waals surface area contributed by atoms with E-state index in [0.29, 0.717) is 4.90 Å². The van der Waals surface area contributed by atoms with Crippen molar-refractivity contribution >= 4 is 23.4 Å². The van der Waals surface area contributed by atoms with Gasteiger partial charge in [-0.1, -0.05) is 13.0 Å². The van der Waals surface area contributed by atoms with Crippen LogP contribution in [0, 0.1) is 27.4 Å². The highest BCUT2D eigenvalue weighted by Gasteiger charge is 2.21. The minimum atomic E-state index is -0.957. The largest absolute Gasteiger partial charge is 0.481 e. The third-order valence-corrected chi connectivity index (χ3v) is 3.52. The highest BCUT2D eigenvalue weighted by Crippen LogP contribution is 2.32. The van der Waals surface area contributed by atoms with Crippen molar-refractivity contribution in [2.45, 2.75) is 11.8 Å². The van der Waals surface area contributed by atoms with E-state index < -0.39 is 16.8 Å². The zero-order valence-corrected chi connectivity index (χ0v) is 10.3. The molecular weight excluding hydrogens is 256 g/mol. The molecule has 0 aliphatic heterocycles. The van der Waals surface area contributed by atoms with Crippen LogP contribution in [-0.4, -0.2) is 21.8 Å². The fraction of sp³-hybridized carbons (Fsp3) is 0.273. The maximum absolute atomic E-state index is 10.9. The Kier molecular flexibility index (Phi) is 4.68. The first-order valence-corrected chi connectivity index (χ1v) is 5.99. The predicted octanol–water partition coefficient (Wildman–Crippen LogP) is 2.28. The molecule has 0 amide bonds. The van der Waals surface area contributed by atoms with Gasteiger partial charge in [-0.25, -0.2) is 0 Å². The number of aliphatic carboxylic acids is 1. The number of thioether (sulfide) groups is 1. The Morgan fingerprint density at radius 1 is 1.67 bits per heavy atom. The Labute approximate surface area is 107 Å². The van der Waals surface area contributed by atoms with Crippen molar-refractivity contribution in [2.75, 3.05) is 5.75 Å². The minimum absolute atomic E-state index is 0.0204. The molecule has 1 N–H and O–H groups in total. The van der Waals surface area contributed by atoms with E-state index in [1.165, 1.54) is 19.1 Å². The molecule has 0 saturated carbocycles. The molecule has 1 atom stereocenters. The molecule has 0 heterocycles.